The fourth-order valence-corrected chi connectivity index (χ4v) is 7.15. The van der Waals surface area contributed by atoms with Crippen LogP contribution < -0.4 is 0 Å². The number of carbonyl (C=O) groups excluding carboxylic acids is 2. The number of fused-ring (bicyclic) bond motifs is 1. The molecule has 4 aromatic rings. The summed E-state index contributed by atoms with van der Waals surface area (Å²) in [6.07, 6.45) is 20.9. The van der Waals surface area contributed by atoms with Crippen molar-refractivity contribution < 1.29 is 9.59 Å². The number of allylic oxidation sites excluding steroid dienone is 2. The van der Waals surface area contributed by atoms with Crippen LogP contribution in [-0.2, 0) is 22.7 Å². The van der Waals surface area contributed by atoms with E-state index in [0.29, 0.717) is 35.6 Å². The molecule has 0 atom stereocenters. The third kappa shape index (κ3) is 8.80. The first kappa shape index (κ1) is 36.6. The van der Waals surface area contributed by atoms with Gasteiger partial charge in [0, 0.05) is 0 Å². The summed E-state index contributed by atoms with van der Waals surface area (Å²) >= 11 is 0. The van der Waals surface area contributed by atoms with E-state index in [4.69, 9.17) is 0 Å². The first-order valence-electron chi connectivity index (χ1n) is 19.3. The van der Waals surface area contributed by atoms with Crippen LogP contribution in [0.25, 0.3) is 23.5 Å². The zero-order valence-corrected chi connectivity index (χ0v) is 30.9. The Balaban J connectivity index is 1.39. The highest BCUT2D eigenvalue weighted by atomic mass is 16.2. The highest BCUT2D eigenvalue weighted by molar-refractivity contribution is 6.30. The summed E-state index contributed by atoms with van der Waals surface area (Å²) in [4.78, 5) is 33.1. The monoisotopic (exact) mass is 688 g/mol. The van der Waals surface area contributed by atoms with Crippen LogP contribution in [-0.4, -0.2) is 21.6 Å². The molecule has 2 heterocycles. The van der Waals surface area contributed by atoms with Gasteiger partial charge in [-0.3, -0.25) is 9.59 Å². The summed E-state index contributed by atoms with van der Waals surface area (Å²) in [6, 6.07) is 36.7. The molecule has 2 amide bonds. The molecular formula is C48H52N2O2. The molecule has 0 N–H and O–H groups in total. The second-order valence-corrected chi connectivity index (χ2v) is 13.9. The van der Waals surface area contributed by atoms with Gasteiger partial charge in [0.1, 0.15) is 0 Å². The van der Waals surface area contributed by atoms with Crippen molar-refractivity contribution >= 4 is 35.4 Å². The standard InChI is InChI=1S/C48H52N2O2/c1-3-5-7-9-11-15-21-37-27-31-41(32-28-37)45-43-44(48(52)49(45)35-39-23-17-13-18-24-39)46(50(47(43)51)36-40-25-19-14-20-26-40)42-33-29-38(30-34-42)22-16-12-10-8-6-4-2/h13-34H,3-12,35-36H2,1-2H3/b21-15+,22-16+. The van der Waals surface area contributed by atoms with E-state index in [9.17, 15) is 9.59 Å². The van der Waals surface area contributed by atoms with Crippen LogP contribution in [0.15, 0.2) is 132 Å². The Morgan fingerprint density at radius 1 is 0.462 bits per heavy atom. The number of amides is 2. The highest BCUT2D eigenvalue weighted by Gasteiger charge is 2.48. The Kier molecular flexibility index (Phi) is 12.9. The Hall–Kier alpha value is -5.22. The predicted octanol–water partition coefficient (Wildman–Crippen LogP) is 11.9. The van der Waals surface area contributed by atoms with Crippen molar-refractivity contribution in [3.05, 3.63) is 166 Å². The summed E-state index contributed by atoms with van der Waals surface area (Å²) in [5.74, 6) is -0.278. The molecule has 0 fully saturated rings. The van der Waals surface area contributed by atoms with Crippen molar-refractivity contribution in [1.29, 1.82) is 0 Å². The number of hydrogen-bond acceptors (Lipinski definition) is 2. The van der Waals surface area contributed by atoms with Gasteiger partial charge in [0.2, 0.25) is 0 Å². The van der Waals surface area contributed by atoms with Crippen molar-refractivity contribution in [1.82, 2.24) is 9.80 Å². The van der Waals surface area contributed by atoms with E-state index in [0.717, 1.165) is 46.2 Å². The molecule has 266 valence electrons. The lowest BCUT2D eigenvalue weighted by molar-refractivity contribution is -0.124. The first-order valence-corrected chi connectivity index (χ1v) is 19.3. The largest absolute Gasteiger partial charge is 0.302 e. The van der Waals surface area contributed by atoms with Crippen molar-refractivity contribution in [2.45, 2.75) is 91.1 Å². The van der Waals surface area contributed by atoms with E-state index >= 15 is 0 Å². The minimum Gasteiger partial charge on any atom is -0.302 e. The lowest BCUT2D eigenvalue weighted by atomic mass is 10.0. The van der Waals surface area contributed by atoms with Gasteiger partial charge in [-0.25, -0.2) is 0 Å². The summed E-state index contributed by atoms with van der Waals surface area (Å²) in [5.41, 5.74) is 8.31. The lowest BCUT2D eigenvalue weighted by Gasteiger charge is -2.25. The fraction of sp³-hybridized carbons (Fsp3) is 0.292. The first-order chi connectivity index (χ1) is 25.6. The Labute approximate surface area is 310 Å². The number of unbranched alkanes of at least 4 members (excludes halogenated alkanes) is 8. The van der Waals surface area contributed by atoms with Crippen LogP contribution in [0.3, 0.4) is 0 Å². The van der Waals surface area contributed by atoms with Crippen molar-refractivity contribution in [2.24, 2.45) is 0 Å². The molecule has 0 spiro atoms. The van der Waals surface area contributed by atoms with Crippen LogP contribution in [0.1, 0.15) is 111 Å². The smallest absolute Gasteiger partial charge is 0.261 e. The molecule has 0 unspecified atom stereocenters. The van der Waals surface area contributed by atoms with Gasteiger partial charge >= 0.3 is 0 Å². The molecule has 4 nitrogen and oxygen atoms in total. The minimum atomic E-state index is -0.139. The van der Waals surface area contributed by atoms with Crippen LogP contribution >= 0.6 is 0 Å². The van der Waals surface area contributed by atoms with Crippen LogP contribution in [0.5, 0.6) is 0 Å². The number of rotatable bonds is 18. The van der Waals surface area contributed by atoms with E-state index in [1.165, 1.54) is 51.4 Å². The summed E-state index contributed by atoms with van der Waals surface area (Å²) in [5, 5.41) is 0. The maximum atomic E-state index is 14.8. The van der Waals surface area contributed by atoms with Crippen LogP contribution in [0.2, 0.25) is 0 Å². The van der Waals surface area contributed by atoms with E-state index in [1.54, 1.807) is 0 Å². The molecule has 4 heteroatoms. The maximum Gasteiger partial charge on any atom is 0.261 e. The minimum absolute atomic E-state index is 0.139. The second kappa shape index (κ2) is 18.3. The van der Waals surface area contributed by atoms with Crippen LogP contribution in [0.4, 0.5) is 0 Å². The number of hydrogen-bond donors (Lipinski definition) is 0. The molecule has 2 aliphatic heterocycles. The third-order valence-electron chi connectivity index (χ3n) is 9.99. The van der Waals surface area contributed by atoms with Gasteiger partial charge in [0.25, 0.3) is 11.8 Å². The maximum absolute atomic E-state index is 14.8. The normalized spacial score (nSPS) is 14.6. The molecule has 0 saturated carbocycles. The molecule has 2 aliphatic rings. The van der Waals surface area contributed by atoms with Crippen molar-refractivity contribution in [3.63, 3.8) is 0 Å². The topological polar surface area (TPSA) is 40.6 Å². The molecular weight excluding hydrogens is 637 g/mol. The summed E-state index contributed by atoms with van der Waals surface area (Å²) < 4.78 is 0. The van der Waals surface area contributed by atoms with Crippen molar-refractivity contribution in [2.75, 3.05) is 0 Å². The molecule has 0 aromatic heterocycles. The Bertz CT molecular complexity index is 1770. The van der Waals surface area contributed by atoms with Gasteiger partial charge < -0.3 is 9.80 Å². The zero-order valence-electron chi connectivity index (χ0n) is 30.9. The van der Waals surface area contributed by atoms with E-state index in [-0.39, 0.29) is 11.8 Å². The highest BCUT2D eigenvalue weighted by Crippen LogP contribution is 2.47. The molecule has 0 radical (unpaired) electrons. The van der Waals surface area contributed by atoms with Gasteiger partial charge in [-0.05, 0) is 59.1 Å². The molecule has 0 saturated heterocycles. The predicted molar refractivity (Wildman–Crippen MR) is 216 cm³/mol. The van der Waals surface area contributed by atoms with Crippen LogP contribution in [0, 0.1) is 0 Å². The average Bonchev–Trinajstić information content (AvgIpc) is 3.62. The number of carbonyl (C=O) groups is 2. The zero-order chi connectivity index (χ0) is 36.1. The van der Waals surface area contributed by atoms with Gasteiger partial charge in [-0.15, -0.1) is 0 Å². The number of benzene rings is 4. The van der Waals surface area contributed by atoms with Gasteiger partial charge in [0.15, 0.2) is 0 Å². The molecule has 0 aliphatic carbocycles. The summed E-state index contributed by atoms with van der Waals surface area (Å²) in [7, 11) is 0. The quantitative estimate of drug-likeness (QED) is 0.0976. The third-order valence-corrected chi connectivity index (χ3v) is 9.99. The summed E-state index contributed by atoms with van der Waals surface area (Å²) in [6.45, 7) is 5.22. The molecule has 6 rings (SSSR count). The van der Waals surface area contributed by atoms with E-state index < -0.39 is 0 Å². The van der Waals surface area contributed by atoms with Crippen molar-refractivity contribution in [3.8, 4) is 0 Å². The number of nitrogens with zero attached hydrogens (tertiary/aromatic N) is 2. The SMILES string of the molecule is CCCCCC/C=C/c1ccc(C2=C3C(=O)N(Cc4ccccc4)C(c4ccc(/C=C/CCCCCC)cc4)=C3C(=O)N2Cc2ccccc2)cc1. The average molecular weight is 689 g/mol. The van der Waals surface area contributed by atoms with E-state index in [2.05, 4.69) is 86.7 Å². The Morgan fingerprint density at radius 3 is 1.21 bits per heavy atom. The van der Waals surface area contributed by atoms with Gasteiger partial charge in [-0.1, -0.05) is 186 Å². The lowest BCUT2D eigenvalue weighted by Crippen LogP contribution is -2.29. The molecule has 4 aromatic carbocycles. The van der Waals surface area contributed by atoms with Gasteiger partial charge in [0.05, 0.1) is 35.6 Å². The van der Waals surface area contributed by atoms with Gasteiger partial charge in [-0.2, -0.15) is 0 Å². The fourth-order valence-electron chi connectivity index (χ4n) is 7.15. The Morgan fingerprint density at radius 2 is 0.846 bits per heavy atom. The molecule has 52 heavy (non-hydrogen) atoms. The second-order valence-electron chi connectivity index (χ2n) is 13.9. The molecule has 0 bridgehead atoms. The van der Waals surface area contributed by atoms with E-state index in [1.807, 2.05) is 70.5 Å².